The first-order valence-electron chi connectivity index (χ1n) is 8.47. The van der Waals surface area contributed by atoms with Gasteiger partial charge in [0, 0.05) is 36.9 Å². The molecule has 0 aliphatic carbocycles. The van der Waals surface area contributed by atoms with Crippen LogP contribution in [0.1, 0.15) is 16.7 Å². The molecule has 2 aromatic carbocycles. The molecule has 0 unspecified atom stereocenters. The lowest BCUT2D eigenvalue weighted by molar-refractivity contribution is 0.685. The summed E-state index contributed by atoms with van der Waals surface area (Å²) in [6.07, 6.45) is 3.92. The van der Waals surface area contributed by atoms with Gasteiger partial charge in [0.15, 0.2) is 5.96 Å². The summed E-state index contributed by atoms with van der Waals surface area (Å²) in [5.74, 6) is 0.737. The quantitative estimate of drug-likeness (QED) is 0.308. The van der Waals surface area contributed by atoms with Gasteiger partial charge in [-0.25, -0.2) is 0 Å². The normalized spacial score (nSPS) is 11.0. The van der Waals surface area contributed by atoms with E-state index in [9.17, 15) is 0 Å². The van der Waals surface area contributed by atoms with Gasteiger partial charge in [0.1, 0.15) is 0 Å². The predicted octanol–water partition coefficient (Wildman–Crippen LogP) is 4.07. The van der Waals surface area contributed by atoms with Crippen LogP contribution in [-0.2, 0) is 19.6 Å². The monoisotopic (exact) mass is 495 g/mol. The van der Waals surface area contributed by atoms with E-state index in [0.29, 0.717) is 13.1 Å². The van der Waals surface area contributed by atoms with E-state index in [0.717, 1.165) is 28.7 Å². The molecule has 0 saturated heterocycles. The Labute approximate surface area is 181 Å². The van der Waals surface area contributed by atoms with Gasteiger partial charge in [0.05, 0.1) is 12.7 Å². The lowest BCUT2D eigenvalue weighted by Gasteiger charge is -2.11. The van der Waals surface area contributed by atoms with Crippen LogP contribution >= 0.6 is 35.6 Å². The number of hydrogen-bond donors (Lipinski definition) is 2. The van der Waals surface area contributed by atoms with Crippen molar-refractivity contribution in [2.75, 3.05) is 7.05 Å². The molecule has 0 saturated carbocycles. The maximum atomic E-state index is 6.01. The summed E-state index contributed by atoms with van der Waals surface area (Å²) in [5.41, 5.74) is 3.44. The Balaban J connectivity index is 0.00000261. The molecule has 7 heteroatoms. The number of aromatic nitrogens is 2. The van der Waals surface area contributed by atoms with Crippen molar-refractivity contribution < 1.29 is 0 Å². The molecule has 0 radical (unpaired) electrons. The number of benzene rings is 2. The Morgan fingerprint density at radius 3 is 2.41 bits per heavy atom. The van der Waals surface area contributed by atoms with Crippen LogP contribution in [0.3, 0.4) is 0 Å². The zero-order valence-electron chi connectivity index (χ0n) is 15.1. The van der Waals surface area contributed by atoms with Crippen molar-refractivity contribution in [1.29, 1.82) is 0 Å². The van der Waals surface area contributed by atoms with Crippen LogP contribution in [-0.4, -0.2) is 22.8 Å². The van der Waals surface area contributed by atoms with Crippen LogP contribution < -0.4 is 10.6 Å². The van der Waals surface area contributed by atoms with Crippen LogP contribution in [0.25, 0.3) is 0 Å². The molecular formula is C20H23ClIN5. The Morgan fingerprint density at radius 2 is 1.70 bits per heavy atom. The number of hydrogen-bond acceptors (Lipinski definition) is 2. The molecule has 3 aromatic rings. The molecule has 1 aromatic heterocycles. The summed E-state index contributed by atoms with van der Waals surface area (Å²) < 4.78 is 1.94. The van der Waals surface area contributed by atoms with Crippen molar-refractivity contribution in [2.24, 2.45) is 4.99 Å². The van der Waals surface area contributed by atoms with E-state index in [2.05, 4.69) is 32.9 Å². The highest BCUT2D eigenvalue weighted by molar-refractivity contribution is 14.0. The number of guanidine groups is 1. The van der Waals surface area contributed by atoms with Gasteiger partial charge in [-0.2, -0.15) is 5.10 Å². The number of aliphatic imine (C=N–C) groups is 1. The van der Waals surface area contributed by atoms with Crippen molar-refractivity contribution >= 4 is 41.5 Å². The molecule has 0 aliphatic heterocycles. The van der Waals surface area contributed by atoms with Gasteiger partial charge >= 0.3 is 0 Å². The van der Waals surface area contributed by atoms with E-state index in [-0.39, 0.29) is 24.0 Å². The summed E-state index contributed by atoms with van der Waals surface area (Å²) in [7, 11) is 1.76. The third-order valence-corrected chi connectivity index (χ3v) is 4.14. The standard InChI is InChI=1S/C20H22ClN5.HI/c1-22-20(23-11-17-8-5-9-19(21)10-17)24-12-18-13-25-26(15-18)14-16-6-3-2-4-7-16;/h2-10,13,15H,11-12,14H2,1H3,(H2,22,23,24);1H. The number of halogens is 2. The van der Waals surface area contributed by atoms with Gasteiger partial charge in [-0.15, -0.1) is 24.0 Å². The molecule has 27 heavy (non-hydrogen) atoms. The SMILES string of the molecule is CN=C(NCc1cccc(Cl)c1)NCc1cnn(Cc2ccccc2)c1.I. The third-order valence-electron chi connectivity index (χ3n) is 3.91. The average molecular weight is 496 g/mol. The first-order chi connectivity index (χ1) is 12.7. The first kappa shape index (κ1) is 21.2. The van der Waals surface area contributed by atoms with Crippen LogP contribution in [0, 0.1) is 0 Å². The molecule has 3 rings (SSSR count). The van der Waals surface area contributed by atoms with Crippen molar-refractivity contribution in [2.45, 2.75) is 19.6 Å². The molecular weight excluding hydrogens is 473 g/mol. The van der Waals surface area contributed by atoms with Gasteiger partial charge < -0.3 is 10.6 Å². The second-order valence-corrected chi connectivity index (χ2v) is 6.38. The van der Waals surface area contributed by atoms with E-state index < -0.39 is 0 Å². The van der Waals surface area contributed by atoms with Gasteiger partial charge in [-0.05, 0) is 23.3 Å². The second kappa shape index (κ2) is 10.9. The molecule has 1 heterocycles. The summed E-state index contributed by atoms with van der Waals surface area (Å²) >= 11 is 6.01. The van der Waals surface area contributed by atoms with Crippen LogP contribution in [0.4, 0.5) is 0 Å². The largest absolute Gasteiger partial charge is 0.352 e. The van der Waals surface area contributed by atoms with Crippen LogP contribution in [0.2, 0.25) is 5.02 Å². The van der Waals surface area contributed by atoms with Crippen LogP contribution in [0.15, 0.2) is 72.0 Å². The molecule has 0 fully saturated rings. The number of rotatable bonds is 6. The van der Waals surface area contributed by atoms with E-state index in [4.69, 9.17) is 11.6 Å². The maximum Gasteiger partial charge on any atom is 0.191 e. The molecule has 0 bridgehead atoms. The molecule has 5 nitrogen and oxygen atoms in total. The fourth-order valence-corrected chi connectivity index (χ4v) is 2.81. The zero-order chi connectivity index (χ0) is 18.2. The fraction of sp³-hybridized carbons (Fsp3) is 0.200. The third kappa shape index (κ3) is 6.88. The molecule has 142 valence electrons. The van der Waals surface area contributed by atoms with Gasteiger partial charge in [-0.1, -0.05) is 54.1 Å². The summed E-state index contributed by atoms with van der Waals surface area (Å²) in [5, 5.41) is 11.7. The number of nitrogens with zero attached hydrogens (tertiary/aromatic N) is 3. The Kier molecular flexibility index (Phi) is 8.60. The molecule has 0 spiro atoms. The highest BCUT2D eigenvalue weighted by Crippen LogP contribution is 2.10. The van der Waals surface area contributed by atoms with Crippen molar-refractivity contribution in [1.82, 2.24) is 20.4 Å². The van der Waals surface area contributed by atoms with E-state index >= 15 is 0 Å². The predicted molar refractivity (Wildman–Crippen MR) is 122 cm³/mol. The highest BCUT2D eigenvalue weighted by Gasteiger charge is 2.03. The lowest BCUT2D eigenvalue weighted by Crippen LogP contribution is -2.36. The summed E-state index contributed by atoms with van der Waals surface area (Å²) in [6.45, 7) is 2.08. The minimum atomic E-state index is 0. The smallest absolute Gasteiger partial charge is 0.191 e. The van der Waals surface area contributed by atoms with Crippen molar-refractivity contribution in [3.8, 4) is 0 Å². The molecule has 0 amide bonds. The Bertz CT molecular complexity index is 864. The minimum Gasteiger partial charge on any atom is -0.352 e. The summed E-state index contributed by atoms with van der Waals surface area (Å²) in [4.78, 5) is 4.25. The zero-order valence-corrected chi connectivity index (χ0v) is 18.2. The van der Waals surface area contributed by atoms with Gasteiger partial charge in [-0.3, -0.25) is 9.67 Å². The van der Waals surface area contributed by atoms with E-state index in [1.165, 1.54) is 5.56 Å². The molecule has 0 aliphatic rings. The van der Waals surface area contributed by atoms with Crippen molar-refractivity contribution in [3.05, 3.63) is 88.7 Å². The summed E-state index contributed by atoms with van der Waals surface area (Å²) in [6, 6.07) is 18.1. The minimum absolute atomic E-state index is 0. The molecule has 0 atom stereocenters. The van der Waals surface area contributed by atoms with E-state index in [1.54, 1.807) is 7.05 Å². The van der Waals surface area contributed by atoms with E-state index in [1.807, 2.05) is 59.5 Å². The fourth-order valence-electron chi connectivity index (χ4n) is 2.59. The number of nitrogens with one attached hydrogen (secondary N) is 2. The second-order valence-electron chi connectivity index (χ2n) is 5.94. The lowest BCUT2D eigenvalue weighted by atomic mass is 10.2. The molecule has 2 N–H and O–H groups in total. The topological polar surface area (TPSA) is 54.2 Å². The average Bonchev–Trinajstić information content (AvgIpc) is 3.10. The first-order valence-corrected chi connectivity index (χ1v) is 8.85. The van der Waals surface area contributed by atoms with Gasteiger partial charge in [0.2, 0.25) is 0 Å². The van der Waals surface area contributed by atoms with Crippen molar-refractivity contribution in [3.63, 3.8) is 0 Å². The van der Waals surface area contributed by atoms with Crippen LogP contribution in [0.5, 0.6) is 0 Å². The highest BCUT2D eigenvalue weighted by atomic mass is 127. The maximum absolute atomic E-state index is 6.01. The Hall–Kier alpha value is -2.06. The van der Waals surface area contributed by atoms with Gasteiger partial charge in [0.25, 0.3) is 0 Å². The Morgan fingerprint density at radius 1 is 1.00 bits per heavy atom.